The molecule has 0 spiro atoms. The summed E-state index contributed by atoms with van der Waals surface area (Å²) in [5.74, 6) is 0. The van der Waals surface area contributed by atoms with E-state index in [4.69, 9.17) is 4.74 Å². The number of benzene rings is 1. The van der Waals surface area contributed by atoms with Crippen molar-refractivity contribution >= 4 is 0 Å². The fourth-order valence-electron chi connectivity index (χ4n) is 1.85. The van der Waals surface area contributed by atoms with E-state index in [9.17, 15) is 0 Å². The van der Waals surface area contributed by atoms with Gasteiger partial charge in [-0.1, -0.05) is 53.6 Å². The molecule has 19 heavy (non-hydrogen) atoms. The Morgan fingerprint density at radius 2 is 1.79 bits per heavy atom. The molecule has 0 saturated heterocycles. The Hall–Kier alpha value is -1.34. The first-order valence-corrected chi connectivity index (χ1v) is 7.05. The van der Waals surface area contributed by atoms with Crippen LogP contribution in [0.25, 0.3) is 0 Å². The molecule has 1 unspecified atom stereocenters. The van der Waals surface area contributed by atoms with E-state index in [0.717, 1.165) is 12.8 Å². The van der Waals surface area contributed by atoms with Crippen LogP contribution < -0.4 is 0 Å². The van der Waals surface area contributed by atoms with Gasteiger partial charge in [0.05, 0.1) is 12.7 Å². The Balaban J connectivity index is 2.30. The summed E-state index contributed by atoms with van der Waals surface area (Å²) >= 11 is 0. The highest BCUT2D eigenvalue weighted by atomic mass is 16.5. The monoisotopic (exact) mass is 258 g/mol. The van der Waals surface area contributed by atoms with E-state index >= 15 is 0 Å². The summed E-state index contributed by atoms with van der Waals surface area (Å²) in [7, 11) is 0. The van der Waals surface area contributed by atoms with Crippen molar-refractivity contribution in [2.75, 3.05) is 6.61 Å². The van der Waals surface area contributed by atoms with Gasteiger partial charge in [-0.05, 0) is 46.1 Å². The molecule has 1 aromatic carbocycles. The van der Waals surface area contributed by atoms with E-state index in [2.05, 4.69) is 64.1 Å². The third kappa shape index (κ3) is 6.97. The maximum atomic E-state index is 5.83. The van der Waals surface area contributed by atoms with Gasteiger partial charge in [0.1, 0.15) is 0 Å². The maximum absolute atomic E-state index is 5.83. The van der Waals surface area contributed by atoms with Gasteiger partial charge < -0.3 is 4.74 Å². The van der Waals surface area contributed by atoms with Crippen molar-refractivity contribution in [2.45, 2.75) is 46.6 Å². The molecule has 0 aliphatic carbocycles. The molecule has 0 bridgehead atoms. The molecule has 1 aromatic rings. The second-order valence-electron chi connectivity index (χ2n) is 5.26. The van der Waals surface area contributed by atoms with Crippen molar-refractivity contribution in [3.8, 4) is 0 Å². The molecular weight excluding hydrogens is 232 g/mol. The van der Waals surface area contributed by atoms with Crippen LogP contribution in [0.5, 0.6) is 0 Å². The second kappa shape index (κ2) is 8.71. The molecule has 0 fully saturated rings. The zero-order valence-electron chi connectivity index (χ0n) is 12.6. The van der Waals surface area contributed by atoms with Gasteiger partial charge in [0, 0.05) is 0 Å². The van der Waals surface area contributed by atoms with Crippen LogP contribution in [-0.4, -0.2) is 6.61 Å². The van der Waals surface area contributed by atoms with Gasteiger partial charge >= 0.3 is 0 Å². The molecule has 1 rings (SSSR count). The lowest BCUT2D eigenvalue weighted by atomic mass is 10.1. The van der Waals surface area contributed by atoms with Crippen molar-refractivity contribution < 1.29 is 4.74 Å². The SMILES string of the molecule is CC(C)=CCCC(C)=CCOC(C)c1ccccc1. The van der Waals surface area contributed by atoms with Crippen LogP contribution in [0.15, 0.2) is 53.6 Å². The topological polar surface area (TPSA) is 9.23 Å². The van der Waals surface area contributed by atoms with E-state index in [0.29, 0.717) is 6.61 Å². The summed E-state index contributed by atoms with van der Waals surface area (Å²) in [6, 6.07) is 10.3. The highest BCUT2D eigenvalue weighted by Gasteiger charge is 2.03. The summed E-state index contributed by atoms with van der Waals surface area (Å²) < 4.78 is 5.83. The fraction of sp³-hybridized carbons (Fsp3) is 0.444. The van der Waals surface area contributed by atoms with Crippen molar-refractivity contribution in [1.82, 2.24) is 0 Å². The highest BCUT2D eigenvalue weighted by Crippen LogP contribution is 2.16. The average Bonchev–Trinajstić information content (AvgIpc) is 2.39. The van der Waals surface area contributed by atoms with Gasteiger partial charge in [0.25, 0.3) is 0 Å². The van der Waals surface area contributed by atoms with E-state index in [1.807, 2.05) is 6.07 Å². The Morgan fingerprint density at radius 3 is 2.42 bits per heavy atom. The van der Waals surface area contributed by atoms with Crippen LogP contribution in [0.2, 0.25) is 0 Å². The van der Waals surface area contributed by atoms with Crippen molar-refractivity contribution in [1.29, 1.82) is 0 Å². The van der Waals surface area contributed by atoms with E-state index in [1.165, 1.54) is 16.7 Å². The quantitative estimate of drug-likeness (QED) is 0.590. The molecule has 104 valence electrons. The van der Waals surface area contributed by atoms with Gasteiger partial charge in [0.15, 0.2) is 0 Å². The third-order valence-electron chi connectivity index (χ3n) is 3.14. The summed E-state index contributed by atoms with van der Waals surface area (Å²) in [4.78, 5) is 0. The summed E-state index contributed by atoms with van der Waals surface area (Å²) in [6.07, 6.45) is 6.87. The van der Waals surface area contributed by atoms with Crippen LogP contribution in [0.3, 0.4) is 0 Å². The Morgan fingerprint density at radius 1 is 1.11 bits per heavy atom. The molecule has 1 heteroatoms. The molecular formula is C18H26O. The zero-order chi connectivity index (χ0) is 14.1. The molecule has 0 radical (unpaired) electrons. The minimum atomic E-state index is 0.156. The van der Waals surface area contributed by atoms with E-state index < -0.39 is 0 Å². The van der Waals surface area contributed by atoms with Crippen LogP contribution in [0.4, 0.5) is 0 Å². The Labute approximate surface area is 118 Å². The standard InChI is InChI=1S/C18H26O/c1-15(2)9-8-10-16(3)13-14-19-17(4)18-11-6-5-7-12-18/h5-7,9,11-13,17H,8,10,14H2,1-4H3. The molecule has 0 saturated carbocycles. The smallest absolute Gasteiger partial charge is 0.0801 e. The molecule has 1 nitrogen and oxygen atoms in total. The average molecular weight is 258 g/mol. The molecule has 0 N–H and O–H groups in total. The number of allylic oxidation sites excluding steroid dienone is 3. The lowest BCUT2D eigenvalue weighted by molar-refractivity contribution is 0.0882. The summed E-state index contributed by atoms with van der Waals surface area (Å²) in [6.45, 7) is 9.25. The third-order valence-corrected chi connectivity index (χ3v) is 3.14. The fourth-order valence-corrected chi connectivity index (χ4v) is 1.85. The normalized spacial score (nSPS) is 13.2. The number of rotatable bonds is 7. The van der Waals surface area contributed by atoms with Gasteiger partial charge in [-0.2, -0.15) is 0 Å². The molecule has 0 heterocycles. The first kappa shape index (κ1) is 15.7. The molecule has 0 aromatic heterocycles. The molecule has 0 aliphatic rings. The number of ether oxygens (including phenoxy) is 1. The summed E-state index contributed by atoms with van der Waals surface area (Å²) in [5.41, 5.74) is 4.03. The van der Waals surface area contributed by atoms with Crippen LogP contribution >= 0.6 is 0 Å². The first-order chi connectivity index (χ1) is 9.09. The van der Waals surface area contributed by atoms with E-state index in [1.54, 1.807) is 0 Å². The molecule has 1 atom stereocenters. The van der Waals surface area contributed by atoms with Crippen molar-refractivity contribution in [2.24, 2.45) is 0 Å². The Bertz CT molecular complexity index is 411. The van der Waals surface area contributed by atoms with E-state index in [-0.39, 0.29) is 6.10 Å². The minimum absolute atomic E-state index is 0.156. The number of hydrogen-bond donors (Lipinski definition) is 0. The largest absolute Gasteiger partial charge is 0.370 e. The zero-order valence-corrected chi connectivity index (χ0v) is 12.6. The second-order valence-corrected chi connectivity index (χ2v) is 5.26. The van der Waals surface area contributed by atoms with Crippen LogP contribution in [0, 0.1) is 0 Å². The van der Waals surface area contributed by atoms with Crippen molar-refractivity contribution in [3.63, 3.8) is 0 Å². The van der Waals surface area contributed by atoms with Crippen LogP contribution in [-0.2, 0) is 4.74 Å². The predicted molar refractivity (Wildman–Crippen MR) is 83.2 cm³/mol. The van der Waals surface area contributed by atoms with Crippen LogP contribution in [0.1, 0.15) is 52.2 Å². The van der Waals surface area contributed by atoms with Gasteiger partial charge in [0.2, 0.25) is 0 Å². The summed E-state index contributed by atoms with van der Waals surface area (Å²) in [5, 5.41) is 0. The minimum Gasteiger partial charge on any atom is -0.370 e. The lowest BCUT2D eigenvalue weighted by Crippen LogP contribution is -2.00. The maximum Gasteiger partial charge on any atom is 0.0801 e. The van der Waals surface area contributed by atoms with Gasteiger partial charge in [-0.3, -0.25) is 0 Å². The first-order valence-electron chi connectivity index (χ1n) is 7.05. The molecule has 0 aliphatic heterocycles. The molecule has 0 amide bonds. The number of hydrogen-bond acceptors (Lipinski definition) is 1. The van der Waals surface area contributed by atoms with Gasteiger partial charge in [-0.15, -0.1) is 0 Å². The highest BCUT2D eigenvalue weighted by molar-refractivity contribution is 5.16. The predicted octanol–water partition coefficient (Wildman–Crippen LogP) is 5.46. The Kier molecular flexibility index (Phi) is 7.20. The van der Waals surface area contributed by atoms with Crippen molar-refractivity contribution in [3.05, 3.63) is 59.2 Å². The lowest BCUT2D eigenvalue weighted by Gasteiger charge is -2.12. The van der Waals surface area contributed by atoms with Gasteiger partial charge in [-0.25, -0.2) is 0 Å².